The summed E-state index contributed by atoms with van der Waals surface area (Å²) in [6, 6.07) is 6.83. The average Bonchev–Trinajstić information content (AvgIpc) is 2.74. The van der Waals surface area contributed by atoms with Gasteiger partial charge in [-0.05, 0) is 37.8 Å². The van der Waals surface area contributed by atoms with Crippen LogP contribution >= 0.6 is 11.6 Å². The van der Waals surface area contributed by atoms with E-state index in [2.05, 4.69) is 23.6 Å². The van der Waals surface area contributed by atoms with Gasteiger partial charge in [-0.25, -0.2) is 4.98 Å². The molecule has 4 heteroatoms. The Morgan fingerprint density at radius 3 is 2.90 bits per heavy atom. The van der Waals surface area contributed by atoms with Crippen molar-refractivity contribution >= 4 is 22.6 Å². The summed E-state index contributed by atoms with van der Waals surface area (Å²) in [5.74, 6) is 2.62. The van der Waals surface area contributed by atoms with Crippen LogP contribution in [0.3, 0.4) is 0 Å². The molecule has 0 amide bonds. The van der Waals surface area contributed by atoms with Crippen molar-refractivity contribution in [3.05, 3.63) is 24.0 Å². The van der Waals surface area contributed by atoms with Gasteiger partial charge in [0, 0.05) is 18.3 Å². The average molecular weight is 293 g/mol. The monoisotopic (exact) mass is 292 g/mol. The molecule has 0 N–H and O–H groups in total. The summed E-state index contributed by atoms with van der Waals surface area (Å²) < 4.78 is 8.23. The minimum atomic E-state index is 0.597. The second-order valence-electron chi connectivity index (χ2n) is 5.39. The number of aryl methyl sites for hydroxylation is 1. The standard InChI is InChI=1S/C16H21ClN2O/c1-2-11-20-14-8-4-7-13-16(14)18-15(9-10-17)19(13)12-5-3-6-12/h4,7-8,12H,2-3,5-6,9-11H2,1H3. The van der Waals surface area contributed by atoms with Gasteiger partial charge in [-0.1, -0.05) is 13.0 Å². The van der Waals surface area contributed by atoms with E-state index >= 15 is 0 Å². The molecule has 1 fully saturated rings. The number of halogens is 1. The first kappa shape index (κ1) is 13.7. The number of nitrogens with zero attached hydrogens (tertiary/aromatic N) is 2. The number of fused-ring (bicyclic) bond motifs is 1. The Balaban J connectivity index is 2.06. The molecule has 0 radical (unpaired) electrons. The molecule has 1 aromatic carbocycles. The number of rotatable bonds is 6. The van der Waals surface area contributed by atoms with Gasteiger partial charge in [0.25, 0.3) is 0 Å². The van der Waals surface area contributed by atoms with Crippen LogP contribution in [0, 0.1) is 0 Å². The minimum absolute atomic E-state index is 0.597. The van der Waals surface area contributed by atoms with E-state index in [-0.39, 0.29) is 0 Å². The lowest BCUT2D eigenvalue weighted by Crippen LogP contribution is -2.19. The second-order valence-corrected chi connectivity index (χ2v) is 5.77. The van der Waals surface area contributed by atoms with Crippen molar-refractivity contribution in [1.82, 2.24) is 9.55 Å². The van der Waals surface area contributed by atoms with Crippen LogP contribution in [-0.4, -0.2) is 22.0 Å². The van der Waals surface area contributed by atoms with Crippen molar-refractivity contribution in [3.8, 4) is 5.75 Å². The first-order chi connectivity index (χ1) is 9.85. The van der Waals surface area contributed by atoms with Gasteiger partial charge in [0.15, 0.2) is 0 Å². The predicted octanol–water partition coefficient (Wildman–Crippen LogP) is 4.33. The Labute approximate surface area is 124 Å². The predicted molar refractivity (Wildman–Crippen MR) is 82.8 cm³/mol. The van der Waals surface area contributed by atoms with E-state index in [4.69, 9.17) is 21.3 Å². The minimum Gasteiger partial charge on any atom is -0.491 e. The maximum atomic E-state index is 5.94. The molecule has 0 aliphatic heterocycles. The number of ether oxygens (including phenoxy) is 1. The molecular formula is C16H21ClN2O. The van der Waals surface area contributed by atoms with Gasteiger partial charge >= 0.3 is 0 Å². The highest BCUT2D eigenvalue weighted by Crippen LogP contribution is 2.37. The fourth-order valence-corrected chi connectivity index (χ4v) is 2.95. The van der Waals surface area contributed by atoms with Crippen molar-refractivity contribution < 1.29 is 4.74 Å². The Bertz CT molecular complexity index is 589. The van der Waals surface area contributed by atoms with Crippen LogP contribution in [0.5, 0.6) is 5.75 Å². The third kappa shape index (κ3) is 2.39. The van der Waals surface area contributed by atoms with E-state index < -0.39 is 0 Å². The Morgan fingerprint density at radius 2 is 2.25 bits per heavy atom. The van der Waals surface area contributed by atoms with Crippen LogP contribution in [0.15, 0.2) is 18.2 Å². The summed E-state index contributed by atoms with van der Waals surface area (Å²) in [6.45, 7) is 2.85. The lowest BCUT2D eigenvalue weighted by molar-refractivity contribution is 0.313. The summed E-state index contributed by atoms with van der Waals surface area (Å²) in [5.41, 5.74) is 2.19. The van der Waals surface area contributed by atoms with Gasteiger partial charge < -0.3 is 9.30 Å². The number of imidazole rings is 1. The molecule has 1 saturated carbocycles. The molecule has 1 heterocycles. The molecule has 0 atom stereocenters. The summed E-state index contributed by atoms with van der Waals surface area (Å²) in [5, 5.41) is 0. The van der Waals surface area contributed by atoms with E-state index in [1.807, 2.05) is 6.07 Å². The van der Waals surface area contributed by atoms with E-state index in [9.17, 15) is 0 Å². The van der Waals surface area contributed by atoms with Crippen LogP contribution < -0.4 is 4.74 Å². The Morgan fingerprint density at radius 1 is 1.40 bits per heavy atom. The van der Waals surface area contributed by atoms with E-state index in [1.165, 1.54) is 24.8 Å². The number of hydrogen-bond donors (Lipinski definition) is 0. The third-order valence-corrected chi connectivity index (χ3v) is 4.16. The molecule has 0 bridgehead atoms. The molecule has 108 valence electrons. The van der Waals surface area contributed by atoms with Gasteiger partial charge in [0.2, 0.25) is 0 Å². The molecule has 1 aliphatic rings. The van der Waals surface area contributed by atoms with Gasteiger partial charge in [0.05, 0.1) is 12.1 Å². The van der Waals surface area contributed by atoms with Crippen molar-refractivity contribution in [2.75, 3.05) is 12.5 Å². The smallest absolute Gasteiger partial charge is 0.147 e. The lowest BCUT2D eigenvalue weighted by atomic mass is 9.92. The van der Waals surface area contributed by atoms with Gasteiger partial charge in [-0.2, -0.15) is 0 Å². The van der Waals surface area contributed by atoms with E-state index in [0.29, 0.717) is 11.9 Å². The van der Waals surface area contributed by atoms with Crippen LogP contribution in [0.2, 0.25) is 0 Å². The number of aromatic nitrogens is 2. The normalized spacial score (nSPS) is 15.5. The number of hydrogen-bond acceptors (Lipinski definition) is 2. The number of alkyl halides is 1. The fraction of sp³-hybridized carbons (Fsp3) is 0.562. The van der Waals surface area contributed by atoms with E-state index in [0.717, 1.165) is 36.5 Å². The highest BCUT2D eigenvalue weighted by molar-refractivity contribution is 6.17. The van der Waals surface area contributed by atoms with Crippen molar-refractivity contribution in [3.63, 3.8) is 0 Å². The summed E-state index contributed by atoms with van der Waals surface area (Å²) in [7, 11) is 0. The molecule has 20 heavy (non-hydrogen) atoms. The summed E-state index contributed by atoms with van der Waals surface area (Å²) in [6.07, 6.45) is 5.65. The van der Waals surface area contributed by atoms with Crippen molar-refractivity contribution in [2.24, 2.45) is 0 Å². The Hall–Kier alpha value is -1.22. The first-order valence-corrected chi connectivity index (χ1v) is 8.07. The summed E-state index contributed by atoms with van der Waals surface area (Å²) >= 11 is 5.94. The zero-order chi connectivity index (χ0) is 13.9. The van der Waals surface area contributed by atoms with Crippen LogP contribution in [0.4, 0.5) is 0 Å². The molecular weight excluding hydrogens is 272 g/mol. The van der Waals surface area contributed by atoms with Crippen molar-refractivity contribution in [1.29, 1.82) is 0 Å². The Kier molecular flexibility index (Phi) is 4.16. The largest absolute Gasteiger partial charge is 0.491 e. The molecule has 2 aromatic rings. The van der Waals surface area contributed by atoms with Gasteiger partial charge in [-0.15, -0.1) is 11.6 Å². The molecule has 1 aromatic heterocycles. The second kappa shape index (κ2) is 6.04. The molecule has 3 rings (SSSR count). The zero-order valence-corrected chi connectivity index (χ0v) is 12.7. The summed E-state index contributed by atoms with van der Waals surface area (Å²) in [4.78, 5) is 4.81. The quantitative estimate of drug-likeness (QED) is 0.741. The molecule has 1 aliphatic carbocycles. The SMILES string of the molecule is CCCOc1cccc2c1nc(CCCl)n2C1CCC1. The van der Waals surface area contributed by atoms with Gasteiger partial charge in [-0.3, -0.25) is 0 Å². The molecule has 0 saturated heterocycles. The number of para-hydroxylation sites is 1. The first-order valence-electron chi connectivity index (χ1n) is 7.53. The maximum absolute atomic E-state index is 5.94. The third-order valence-electron chi connectivity index (χ3n) is 3.98. The van der Waals surface area contributed by atoms with Crippen LogP contribution in [-0.2, 0) is 6.42 Å². The fourth-order valence-electron chi connectivity index (χ4n) is 2.78. The topological polar surface area (TPSA) is 27.1 Å². The molecule has 3 nitrogen and oxygen atoms in total. The molecule has 0 spiro atoms. The zero-order valence-electron chi connectivity index (χ0n) is 11.9. The van der Waals surface area contributed by atoms with Crippen LogP contribution in [0.25, 0.3) is 11.0 Å². The van der Waals surface area contributed by atoms with E-state index in [1.54, 1.807) is 0 Å². The number of benzene rings is 1. The lowest BCUT2D eigenvalue weighted by Gasteiger charge is -2.29. The maximum Gasteiger partial charge on any atom is 0.147 e. The highest BCUT2D eigenvalue weighted by Gasteiger charge is 2.25. The van der Waals surface area contributed by atoms with Gasteiger partial charge in [0.1, 0.15) is 17.1 Å². The van der Waals surface area contributed by atoms with Crippen molar-refractivity contribution in [2.45, 2.75) is 45.1 Å². The van der Waals surface area contributed by atoms with Crippen LogP contribution in [0.1, 0.15) is 44.5 Å². The highest BCUT2D eigenvalue weighted by atomic mass is 35.5. The molecule has 0 unspecified atom stereocenters.